The zero-order chi connectivity index (χ0) is 14.5. The van der Waals surface area contributed by atoms with Crippen LogP contribution < -0.4 is 9.47 Å². The van der Waals surface area contributed by atoms with Gasteiger partial charge in [-0.2, -0.15) is 0 Å². The summed E-state index contributed by atoms with van der Waals surface area (Å²) in [5.41, 5.74) is 1.66. The van der Waals surface area contributed by atoms with E-state index >= 15 is 0 Å². The number of morpholine rings is 1. The van der Waals surface area contributed by atoms with Crippen LogP contribution in [0.1, 0.15) is 22.8 Å². The number of methoxy groups -OCH3 is 2. The lowest BCUT2D eigenvalue weighted by Gasteiger charge is -2.28. The molecule has 1 amide bonds. The molecule has 0 aromatic heterocycles. The number of amides is 1. The van der Waals surface area contributed by atoms with Crippen molar-refractivity contribution in [2.45, 2.75) is 13.3 Å². The first-order valence-corrected chi connectivity index (χ1v) is 6.83. The van der Waals surface area contributed by atoms with E-state index in [1.807, 2.05) is 17.9 Å². The van der Waals surface area contributed by atoms with Crippen LogP contribution in [0.2, 0.25) is 0 Å². The molecule has 5 nitrogen and oxygen atoms in total. The largest absolute Gasteiger partial charge is 0.493 e. The number of nitrogens with zero attached hydrogens (tertiary/aromatic N) is 1. The van der Waals surface area contributed by atoms with Gasteiger partial charge in [-0.05, 0) is 24.1 Å². The fourth-order valence-electron chi connectivity index (χ4n) is 2.35. The van der Waals surface area contributed by atoms with Crippen LogP contribution >= 0.6 is 0 Å². The molecule has 0 radical (unpaired) electrons. The second-order valence-electron chi connectivity index (χ2n) is 4.62. The highest BCUT2D eigenvalue weighted by molar-refractivity contribution is 5.96. The van der Waals surface area contributed by atoms with Crippen LogP contribution in [-0.4, -0.2) is 51.3 Å². The average Bonchev–Trinajstić information content (AvgIpc) is 2.53. The van der Waals surface area contributed by atoms with Crippen LogP contribution in [0.5, 0.6) is 11.5 Å². The van der Waals surface area contributed by atoms with E-state index in [-0.39, 0.29) is 5.91 Å². The van der Waals surface area contributed by atoms with E-state index in [1.54, 1.807) is 20.3 Å². The fraction of sp³-hybridized carbons (Fsp3) is 0.533. The second kappa shape index (κ2) is 6.61. The number of ether oxygens (including phenoxy) is 3. The normalized spacial score (nSPS) is 15.1. The molecule has 1 aromatic rings. The van der Waals surface area contributed by atoms with Gasteiger partial charge in [0.15, 0.2) is 11.5 Å². The first kappa shape index (κ1) is 14.7. The van der Waals surface area contributed by atoms with Gasteiger partial charge >= 0.3 is 0 Å². The van der Waals surface area contributed by atoms with E-state index in [0.717, 1.165) is 12.0 Å². The second-order valence-corrected chi connectivity index (χ2v) is 4.62. The van der Waals surface area contributed by atoms with Crippen LogP contribution in [-0.2, 0) is 11.2 Å². The Morgan fingerprint density at radius 1 is 1.20 bits per heavy atom. The Bertz CT molecular complexity index is 481. The summed E-state index contributed by atoms with van der Waals surface area (Å²) in [6.45, 7) is 4.49. The monoisotopic (exact) mass is 279 g/mol. The van der Waals surface area contributed by atoms with E-state index in [0.29, 0.717) is 43.4 Å². The van der Waals surface area contributed by atoms with Gasteiger partial charge in [0.2, 0.25) is 0 Å². The maximum Gasteiger partial charge on any atom is 0.254 e. The molecule has 0 saturated carbocycles. The van der Waals surface area contributed by atoms with Crippen LogP contribution in [0.4, 0.5) is 0 Å². The Morgan fingerprint density at radius 2 is 1.80 bits per heavy atom. The maximum atomic E-state index is 12.6. The van der Waals surface area contributed by atoms with Gasteiger partial charge in [-0.3, -0.25) is 4.79 Å². The quantitative estimate of drug-likeness (QED) is 0.842. The number of aryl methyl sites for hydroxylation is 1. The zero-order valence-electron chi connectivity index (χ0n) is 12.3. The smallest absolute Gasteiger partial charge is 0.254 e. The third-order valence-corrected chi connectivity index (χ3v) is 3.52. The van der Waals surface area contributed by atoms with Crippen molar-refractivity contribution in [2.24, 2.45) is 0 Å². The van der Waals surface area contributed by atoms with Crippen molar-refractivity contribution in [1.29, 1.82) is 0 Å². The summed E-state index contributed by atoms with van der Waals surface area (Å²) in [6, 6.07) is 3.65. The highest BCUT2D eigenvalue weighted by atomic mass is 16.5. The summed E-state index contributed by atoms with van der Waals surface area (Å²) in [4.78, 5) is 14.4. The van der Waals surface area contributed by atoms with Crippen LogP contribution in [0.25, 0.3) is 0 Å². The number of benzene rings is 1. The molecule has 110 valence electrons. The Labute approximate surface area is 119 Å². The molecule has 1 aliphatic rings. The topological polar surface area (TPSA) is 48.0 Å². The molecule has 0 atom stereocenters. The van der Waals surface area contributed by atoms with Crippen LogP contribution in [0.15, 0.2) is 12.1 Å². The van der Waals surface area contributed by atoms with Crippen LogP contribution in [0, 0.1) is 0 Å². The number of carbonyl (C=O) groups is 1. The van der Waals surface area contributed by atoms with Gasteiger partial charge in [-0.1, -0.05) is 6.92 Å². The van der Waals surface area contributed by atoms with Gasteiger partial charge in [0.1, 0.15) is 0 Å². The molecule has 2 rings (SSSR count). The van der Waals surface area contributed by atoms with Crippen molar-refractivity contribution < 1.29 is 19.0 Å². The van der Waals surface area contributed by atoms with Gasteiger partial charge < -0.3 is 19.1 Å². The summed E-state index contributed by atoms with van der Waals surface area (Å²) in [5.74, 6) is 1.27. The molecular weight excluding hydrogens is 258 g/mol. The standard InChI is InChI=1S/C15H21NO4/c1-4-11-9-13(18-2)14(19-3)10-12(11)15(17)16-5-7-20-8-6-16/h9-10H,4-8H2,1-3H3. The van der Waals surface area contributed by atoms with E-state index in [4.69, 9.17) is 14.2 Å². The molecule has 20 heavy (non-hydrogen) atoms. The third-order valence-electron chi connectivity index (χ3n) is 3.52. The minimum absolute atomic E-state index is 0.0334. The van der Waals surface area contributed by atoms with Crippen molar-refractivity contribution in [3.05, 3.63) is 23.3 Å². The number of carbonyl (C=O) groups excluding carboxylic acids is 1. The lowest BCUT2D eigenvalue weighted by Crippen LogP contribution is -2.41. The lowest BCUT2D eigenvalue weighted by atomic mass is 10.0. The van der Waals surface area contributed by atoms with Gasteiger partial charge in [0.05, 0.1) is 27.4 Å². The predicted octanol–water partition coefficient (Wildman–Crippen LogP) is 1.74. The molecule has 5 heteroatoms. The fourth-order valence-corrected chi connectivity index (χ4v) is 2.35. The summed E-state index contributed by atoms with van der Waals surface area (Å²) >= 11 is 0. The summed E-state index contributed by atoms with van der Waals surface area (Å²) in [5, 5.41) is 0. The van der Waals surface area contributed by atoms with Crippen molar-refractivity contribution in [3.8, 4) is 11.5 Å². The average molecular weight is 279 g/mol. The molecule has 0 spiro atoms. The number of hydrogen-bond donors (Lipinski definition) is 0. The first-order valence-electron chi connectivity index (χ1n) is 6.83. The van der Waals surface area contributed by atoms with E-state index in [1.165, 1.54) is 0 Å². The predicted molar refractivity (Wildman–Crippen MR) is 75.6 cm³/mol. The molecule has 1 fully saturated rings. The minimum Gasteiger partial charge on any atom is -0.493 e. The van der Waals surface area contributed by atoms with Crippen LogP contribution in [0.3, 0.4) is 0 Å². The molecule has 0 aliphatic carbocycles. The number of rotatable bonds is 4. The van der Waals surface area contributed by atoms with Gasteiger partial charge in [0.25, 0.3) is 5.91 Å². The van der Waals surface area contributed by atoms with E-state index < -0.39 is 0 Å². The highest BCUT2D eigenvalue weighted by Crippen LogP contribution is 2.31. The summed E-state index contributed by atoms with van der Waals surface area (Å²) in [7, 11) is 3.17. The van der Waals surface area contributed by atoms with Crippen molar-refractivity contribution in [1.82, 2.24) is 4.90 Å². The summed E-state index contributed by atoms with van der Waals surface area (Å²) in [6.07, 6.45) is 0.770. The Morgan fingerprint density at radius 3 is 2.35 bits per heavy atom. The molecule has 0 N–H and O–H groups in total. The molecule has 1 heterocycles. The first-order chi connectivity index (χ1) is 9.71. The molecule has 1 saturated heterocycles. The van der Waals surface area contributed by atoms with Gasteiger partial charge in [-0.25, -0.2) is 0 Å². The zero-order valence-corrected chi connectivity index (χ0v) is 12.3. The molecule has 0 unspecified atom stereocenters. The maximum absolute atomic E-state index is 12.6. The van der Waals surface area contributed by atoms with Crippen molar-refractivity contribution in [2.75, 3.05) is 40.5 Å². The lowest BCUT2D eigenvalue weighted by molar-refractivity contribution is 0.0302. The Balaban J connectivity index is 2.35. The van der Waals surface area contributed by atoms with Gasteiger partial charge in [-0.15, -0.1) is 0 Å². The minimum atomic E-state index is 0.0334. The van der Waals surface area contributed by atoms with Crippen molar-refractivity contribution >= 4 is 5.91 Å². The van der Waals surface area contributed by atoms with Gasteiger partial charge in [0, 0.05) is 18.7 Å². The molecule has 1 aromatic carbocycles. The molecule has 1 aliphatic heterocycles. The molecular formula is C15H21NO4. The van der Waals surface area contributed by atoms with Crippen molar-refractivity contribution in [3.63, 3.8) is 0 Å². The Hall–Kier alpha value is -1.75. The summed E-state index contributed by atoms with van der Waals surface area (Å²) < 4.78 is 15.9. The highest BCUT2D eigenvalue weighted by Gasteiger charge is 2.22. The van der Waals surface area contributed by atoms with E-state index in [9.17, 15) is 4.79 Å². The Kier molecular flexibility index (Phi) is 4.84. The van der Waals surface area contributed by atoms with E-state index in [2.05, 4.69) is 0 Å². The molecule has 0 bridgehead atoms. The third kappa shape index (κ3) is 2.88. The SMILES string of the molecule is CCc1cc(OC)c(OC)cc1C(=O)N1CCOCC1. The number of hydrogen-bond acceptors (Lipinski definition) is 4.